The molecule has 15 heteroatoms. The van der Waals surface area contributed by atoms with Crippen LogP contribution >= 0.6 is 23.2 Å². The highest BCUT2D eigenvalue weighted by molar-refractivity contribution is 6.39. The van der Waals surface area contributed by atoms with Crippen molar-refractivity contribution in [3.05, 3.63) is 45.4 Å². The summed E-state index contributed by atoms with van der Waals surface area (Å²) in [6.07, 6.45) is -7.31. The van der Waals surface area contributed by atoms with Gasteiger partial charge in [-0.1, -0.05) is 50.0 Å². The van der Waals surface area contributed by atoms with Crippen LogP contribution in [0.5, 0.6) is 5.75 Å². The average Bonchev–Trinajstić information content (AvgIpc) is 3.28. The summed E-state index contributed by atoms with van der Waals surface area (Å²) >= 11 is 13.2. The number of aromatic nitrogens is 2. The molecule has 1 heterocycles. The number of carbonyl (C=O) groups excluding carboxylic acids is 1. The van der Waals surface area contributed by atoms with Crippen molar-refractivity contribution in [3.63, 3.8) is 0 Å². The molecule has 1 fully saturated rings. The van der Waals surface area contributed by atoms with Gasteiger partial charge in [-0.15, -0.1) is 0 Å². The summed E-state index contributed by atoms with van der Waals surface area (Å²) in [5.41, 5.74) is 0.0427. The Bertz CT molecular complexity index is 1550. The Morgan fingerprint density at radius 3 is 2.34 bits per heavy atom. The zero-order chi connectivity index (χ0) is 32.6. The first kappa shape index (κ1) is 33.6. The largest absolute Gasteiger partial charge is 0.487 e. The summed E-state index contributed by atoms with van der Waals surface area (Å²) in [5.74, 6) is -3.38. The molecule has 0 atom stereocenters. The number of nitrogens with zero attached hydrogens (tertiary/aromatic N) is 2. The maximum atomic E-state index is 13.4. The van der Waals surface area contributed by atoms with E-state index >= 15 is 0 Å². The normalized spacial score (nSPS) is 17.6. The topological polar surface area (TPSA) is 105 Å². The highest BCUT2D eigenvalue weighted by Gasteiger charge is 2.42. The summed E-state index contributed by atoms with van der Waals surface area (Å²) < 4.78 is 72.9. The molecule has 1 aromatic heterocycles. The van der Waals surface area contributed by atoms with E-state index in [4.69, 9.17) is 27.9 Å². The second-order valence-corrected chi connectivity index (χ2v) is 12.4. The Labute approximate surface area is 259 Å². The monoisotopic (exact) mass is 664 g/mol. The molecule has 0 bridgehead atoms. The Morgan fingerprint density at radius 1 is 1.11 bits per heavy atom. The molecule has 1 amide bonds. The first-order valence-corrected chi connectivity index (χ1v) is 14.5. The van der Waals surface area contributed by atoms with Crippen LogP contribution in [0, 0.1) is 11.3 Å². The van der Waals surface area contributed by atoms with E-state index in [0.717, 1.165) is 6.07 Å². The molecule has 3 N–H and O–H groups in total. The number of aromatic carboxylic acids is 1. The Kier molecular flexibility index (Phi) is 9.89. The maximum absolute atomic E-state index is 13.4. The lowest BCUT2D eigenvalue weighted by Gasteiger charge is -2.32. The second-order valence-electron chi connectivity index (χ2n) is 11.6. The number of benzene rings is 2. The number of carbonyl (C=O) groups is 2. The van der Waals surface area contributed by atoms with Crippen molar-refractivity contribution >= 4 is 57.7 Å². The predicted octanol–water partition coefficient (Wildman–Crippen LogP) is 8.38. The van der Waals surface area contributed by atoms with Crippen LogP contribution < -0.4 is 15.4 Å². The quantitative estimate of drug-likeness (QED) is 0.198. The van der Waals surface area contributed by atoms with Gasteiger partial charge in [0.25, 0.3) is 6.43 Å². The molecule has 0 aliphatic heterocycles. The minimum Gasteiger partial charge on any atom is -0.487 e. The van der Waals surface area contributed by atoms with Gasteiger partial charge >= 0.3 is 12.1 Å². The van der Waals surface area contributed by atoms with E-state index in [-0.39, 0.29) is 76.6 Å². The van der Waals surface area contributed by atoms with Crippen molar-refractivity contribution in [2.24, 2.45) is 11.3 Å². The number of anilines is 2. The highest BCUT2D eigenvalue weighted by atomic mass is 35.5. The molecule has 44 heavy (non-hydrogen) atoms. The number of fused-ring (bicyclic) bond motifs is 1. The van der Waals surface area contributed by atoms with Gasteiger partial charge in [-0.05, 0) is 43.4 Å². The standard InChI is InChI=1S/C29H31Cl2F5N4O4/c1-28(2,3)26(43)37-12-14-4-9-18(30)24(23(14)31)39-27-38-19-10-17(25(41)42)21(44-13-22(32)33)11-20(19)40(27)16-7-5-15(6-8-16)29(34,35)36/h4,9-11,15-16,22H,5-8,12-13H2,1-3H3,(H,37,43)(H,38,39)(H,41,42). The Balaban J connectivity index is 1.79. The number of halogens is 7. The zero-order valence-corrected chi connectivity index (χ0v) is 25.5. The van der Waals surface area contributed by atoms with Crippen molar-refractivity contribution in [2.45, 2.75) is 71.6 Å². The lowest BCUT2D eigenvalue weighted by molar-refractivity contribution is -0.183. The SMILES string of the molecule is CC(C)(C)C(=O)NCc1ccc(Cl)c(Nc2nc3cc(C(=O)O)c(OCC(F)F)cc3n2C2CCC(C(F)(F)F)CC2)c1Cl. The summed E-state index contributed by atoms with van der Waals surface area (Å²) in [6, 6.07) is 5.06. The maximum Gasteiger partial charge on any atom is 0.391 e. The molecule has 0 radical (unpaired) electrons. The third-order valence-corrected chi connectivity index (χ3v) is 8.19. The molecule has 240 valence electrons. The van der Waals surface area contributed by atoms with Crippen molar-refractivity contribution in [1.29, 1.82) is 0 Å². The van der Waals surface area contributed by atoms with Gasteiger partial charge in [-0.2, -0.15) is 13.2 Å². The van der Waals surface area contributed by atoms with Crippen LogP contribution in [0.3, 0.4) is 0 Å². The molecular formula is C29H31Cl2F5N4O4. The number of carboxylic acid groups (broad SMARTS) is 1. The fraction of sp³-hybridized carbons (Fsp3) is 0.483. The van der Waals surface area contributed by atoms with Crippen LogP contribution in [0.25, 0.3) is 11.0 Å². The highest BCUT2D eigenvalue weighted by Crippen LogP contribution is 2.45. The van der Waals surface area contributed by atoms with Crippen molar-refractivity contribution in [1.82, 2.24) is 14.9 Å². The summed E-state index contributed by atoms with van der Waals surface area (Å²) in [5, 5.41) is 15.9. The van der Waals surface area contributed by atoms with Crippen LogP contribution in [0.1, 0.15) is 68.4 Å². The minimum absolute atomic E-state index is 0.0749. The van der Waals surface area contributed by atoms with E-state index in [2.05, 4.69) is 15.6 Å². The van der Waals surface area contributed by atoms with Crippen LogP contribution in [0.4, 0.5) is 33.6 Å². The molecule has 1 saturated carbocycles. The van der Waals surface area contributed by atoms with E-state index in [1.165, 1.54) is 6.07 Å². The lowest BCUT2D eigenvalue weighted by atomic mass is 9.85. The van der Waals surface area contributed by atoms with Gasteiger partial charge in [-0.25, -0.2) is 18.6 Å². The number of hydrogen-bond donors (Lipinski definition) is 3. The molecule has 2 aromatic carbocycles. The van der Waals surface area contributed by atoms with Gasteiger partial charge < -0.3 is 25.0 Å². The number of carboxylic acids is 1. The summed E-state index contributed by atoms with van der Waals surface area (Å²) in [6.45, 7) is 4.28. The fourth-order valence-electron chi connectivity index (χ4n) is 5.08. The number of nitrogens with one attached hydrogen (secondary N) is 2. The third-order valence-electron chi connectivity index (χ3n) is 7.44. The van der Waals surface area contributed by atoms with Gasteiger partial charge in [0.05, 0.1) is 32.7 Å². The molecule has 1 aliphatic carbocycles. The number of amides is 1. The van der Waals surface area contributed by atoms with Gasteiger partial charge in [0.2, 0.25) is 11.9 Å². The molecule has 0 spiro atoms. The van der Waals surface area contributed by atoms with Gasteiger partial charge in [0.1, 0.15) is 17.9 Å². The molecule has 0 saturated heterocycles. The minimum atomic E-state index is -4.35. The molecule has 0 unspecified atom stereocenters. The van der Waals surface area contributed by atoms with E-state index in [0.29, 0.717) is 5.56 Å². The van der Waals surface area contributed by atoms with Crippen molar-refractivity contribution in [3.8, 4) is 5.75 Å². The van der Waals surface area contributed by atoms with Crippen LogP contribution in [0.15, 0.2) is 24.3 Å². The van der Waals surface area contributed by atoms with E-state index in [1.807, 2.05) is 0 Å². The lowest BCUT2D eigenvalue weighted by Crippen LogP contribution is -2.34. The predicted molar refractivity (Wildman–Crippen MR) is 156 cm³/mol. The smallest absolute Gasteiger partial charge is 0.391 e. The fourth-order valence-corrected chi connectivity index (χ4v) is 5.61. The van der Waals surface area contributed by atoms with Gasteiger partial charge in [-0.3, -0.25) is 4.79 Å². The number of hydrogen-bond acceptors (Lipinski definition) is 5. The molecular weight excluding hydrogens is 634 g/mol. The molecule has 4 rings (SSSR count). The second kappa shape index (κ2) is 13.0. The van der Waals surface area contributed by atoms with E-state index < -0.39 is 48.1 Å². The van der Waals surface area contributed by atoms with E-state index in [9.17, 15) is 36.6 Å². The number of ether oxygens (including phenoxy) is 1. The zero-order valence-electron chi connectivity index (χ0n) is 24.0. The first-order chi connectivity index (χ1) is 20.5. The Hall–Kier alpha value is -3.32. The first-order valence-electron chi connectivity index (χ1n) is 13.8. The number of rotatable bonds is 9. The van der Waals surface area contributed by atoms with E-state index in [1.54, 1.807) is 37.5 Å². The van der Waals surface area contributed by atoms with Crippen LogP contribution in [-0.4, -0.2) is 45.7 Å². The number of imidazole rings is 1. The van der Waals surface area contributed by atoms with Crippen molar-refractivity contribution < 1.29 is 41.4 Å². The molecule has 3 aromatic rings. The number of alkyl halides is 5. The summed E-state index contributed by atoms with van der Waals surface area (Å²) in [4.78, 5) is 28.9. The van der Waals surface area contributed by atoms with Crippen LogP contribution in [-0.2, 0) is 11.3 Å². The van der Waals surface area contributed by atoms with Crippen LogP contribution in [0.2, 0.25) is 10.0 Å². The third kappa shape index (κ3) is 7.48. The van der Waals surface area contributed by atoms with Gasteiger partial charge in [0, 0.05) is 24.1 Å². The average molecular weight is 665 g/mol. The summed E-state index contributed by atoms with van der Waals surface area (Å²) in [7, 11) is 0. The molecule has 8 nitrogen and oxygen atoms in total. The Morgan fingerprint density at radius 2 is 1.77 bits per heavy atom. The molecule has 1 aliphatic rings. The van der Waals surface area contributed by atoms with Crippen molar-refractivity contribution in [2.75, 3.05) is 11.9 Å². The van der Waals surface area contributed by atoms with Gasteiger partial charge in [0.15, 0.2) is 0 Å².